The molecule has 4 atom stereocenters. The smallest absolute Gasteiger partial charge is 0.191 e. The zero-order valence-electron chi connectivity index (χ0n) is 14.0. The third kappa shape index (κ3) is 3.19. The van der Waals surface area contributed by atoms with Crippen LogP contribution >= 0.6 is 0 Å². The van der Waals surface area contributed by atoms with Crippen LogP contribution in [0.5, 0.6) is 11.5 Å². The van der Waals surface area contributed by atoms with Crippen molar-refractivity contribution in [2.45, 2.75) is 37.3 Å². The fraction of sp³-hybridized carbons (Fsp3) is 0.389. The van der Waals surface area contributed by atoms with Gasteiger partial charge in [-0.15, -0.1) is 0 Å². The predicted octanol–water partition coefficient (Wildman–Crippen LogP) is -0.0586. The van der Waals surface area contributed by atoms with E-state index in [1.165, 1.54) is 19.2 Å². The lowest BCUT2D eigenvalue weighted by molar-refractivity contribution is -0.128. The lowest BCUT2D eigenvalue weighted by Gasteiger charge is -2.32. The van der Waals surface area contributed by atoms with Gasteiger partial charge in [0.2, 0.25) is 0 Å². The van der Waals surface area contributed by atoms with Gasteiger partial charge in [0.25, 0.3) is 0 Å². The second kappa shape index (κ2) is 7.08. The van der Waals surface area contributed by atoms with Gasteiger partial charge in [0.05, 0.1) is 12.7 Å². The van der Waals surface area contributed by atoms with E-state index in [9.17, 15) is 30.3 Å². The van der Waals surface area contributed by atoms with Crippen molar-refractivity contribution in [1.82, 2.24) is 0 Å². The van der Waals surface area contributed by atoms with E-state index in [-0.39, 0.29) is 29.3 Å². The largest absolute Gasteiger partial charge is 0.504 e. The van der Waals surface area contributed by atoms with Crippen LogP contribution in [0.2, 0.25) is 0 Å². The number of hydrogen-bond acceptors (Lipinski definition) is 8. The van der Waals surface area contributed by atoms with Crippen LogP contribution in [0.15, 0.2) is 33.5 Å². The molecule has 0 spiro atoms. The Balaban J connectivity index is 1.86. The Kier molecular flexibility index (Phi) is 5.01. The molecule has 1 aromatic carbocycles. The van der Waals surface area contributed by atoms with E-state index in [0.717, 1.165) is 5.56 Å². The second-order valence-corrected chi connectivity index (χ2v) is 6.23. The highest BCUT2D eigenvalue weighted by molar-refractivity contribution is 5.41. The van der Waals surface area contributed by atoms with Crippen LogP contribution in [-0.2, 0) is 12.8 Å². The summed E-state index contributed by atoms with van der Waals surface area (Å²) in [5, 5.41) is 49.3. The fourth-order valence-electron chi connectivity index (χ4n) is 3.06. The highest BCUT2D eigenvalue weighted by Crippen LogP contribution is 2.35. The summed E-state index contributed by atoms with van der Waals surface area (Å²) in [5.74, 6) is 0.348. The minimum Gasteiger partial charge on any atom is -0.504 e. The molecule has 140 valence electrons. The molecule has 0 unspecified atom stereocenters. The molecule has 26 heavy (non-hydrogen) atoms. The van der Waals surface area contributed by atoms with Crippen molar-refractivity contribution in [3.63, 3.8) is 0 Å². The fourth-order valence-corrected chi connectivity index (χ4v) is 3.06. The van der Waals surface area contributed by atoms with Gasteiger partial charge >= 0.3 is 0 Å². The molecule has 0 saturated carbocycles. The van der Waals surface area contributed by atoms with Crippen LogP contribution in [0.4, 0.5) is 0 Å². The van der Waals surface area contributed by atoms with Crippen molar-refractivity contribution in [3.8, 4) is 11.5 Å². The SMILES string of the molecule is COc1ccc(CCc2cc(=O)c3c(o2)[C@H](O)[C@@H](O)[C@@H](O)[C@H]3O)cc1O. The first-order chi connectivity index (χ1) is 12.3. The molecular weight excluding hydrogens is 344 g/mol. The summed E-state index contributed by atoms with van der Waals surface area (Å²) in [7, 11) is 1.45. The van der Waals surface area contributed by atoms with Crippen molar-refractivity contribution in [2.24, 2.45) is 0 Å². The molecule has 0 fully saturated rings. The van der Waals surface area contributed by atoms with Gasteiger partial charge in [-0.25, -0.2) is 0 Å². The molecule has 1 aromatic heterocycles. The second-order valence-electron chi connectivity index (χ2n) is 6.23. The number of phenolic OH excluding ortho intramolecular Hbond substituents is 1. The zero-order valence-corrected chi connectivity index (χ0v) is 14.0. The van der Waals surface area contributed by atoms with Crippen LogP contribution in [0.3, 0.4) is 0 Å². The van der Waals surface area contributed by atoms with Gasteiger partial charge < -0.3 is 34.7 Å². The van der Waals surface area contributed by atoms with Gasteiger partial charge in [-0.2, -0.15) is 0 Å². The van der Waals surface area contributed by atoms with Crippen LogP contribution in [-0.4, -0.2) is 44.9 Å². The Hall–Kier alpha value is -2.39. The number of ether oxygens (including phenoxy) is 1. The van der Waals surface area contributed by atoms with E-state index < -0.39 is 29.8 Å². The predicted molar refractivity (Wildman–Crippen MR) is 89.0 cm³/mol. The summed E-state index contributed by atoms with van der Waals surface area (Å²) in [6.45, 7) is 0. The third-order valence-corrected chi connectivity index (χ3v) is 4.53. The minimum absolute atomic E-state index is 0.00690. The van der Waals surface area contributed by atoms with Crippen LogP contribution in [0.25, 0.3) is 0 Å². The van der Waals surface area contributed by atoms with Gasteiger partial charge in [0, 0.05) is 12.5 Å². The van der Waals surface area contributed by atoms with Crippen LogP contribution < -0.4 is 10.2 Å². The van der Waals surface area contributed by atoms with E-state index in [1.807, 2.05) is 0 Å². The summed E-state index contributed by atoms with van der Waals surface area (Å²) in [6.07, 6.45) is -5.85. The number of fused-ring (bicyclic) bond motifs is 1. The van der Waals surface area contributed by atoms with E-state index in [4.69, 9.17) is 9.15 Å². The standard InChI is InChI=1S/C18H20O8/c1-25-12-5-3-8(6-10(12)19)2-4-9-7-11(20)13-14(21)15(22)16(23)17(24)18(13)26-9/h3,5-7,14-17,19,21-24H,2,4H2,1H3/t14-,15-,16-,17+/m0/s1. The first-order valence-corrected chi connectivity index (χ1v) is 8.08. The number of methoxy groups -OCH3 is 1. The number of benzene rings is 1. The van der Waals surface area contributed by atoms with Gasteiger partial charge in [-0.3, -0.25) is 4.79 Å². The molecule has 2 aromatic rings. The molecule has 3 rings (SSSR count). The number of aliphatic hydroxyl groups excluding tert-OH is 4. The summed E-state index contributed by atoms with van der Waals surface area (Å²) < 4.78 is 10.5. The average Bonchev–Trinajstić information content (AvgIpc) is 2.62. The Bertz CT molecular complexity index is 859. The van der Waals surface area contributed by atoms with E-state index in [1.54, 1.807) is 12.1 Å². The summed E-state index contributed by atoms with van der Waals surface area (Å²) in [4.78, 5) is 12.3. The Morgan fingerprint density at radius 2 is 1.73 bits per heavy atom. The maximum Gasteiger partial charge on any atom is 0.191 e. The normalized spacial score (nSPS) is 25.0. The van der Waals surface area contributed by atoms with Crippen LogP contribution in [0.1, 0.15) is 34.9 Å². The monoisotopic (exact) mass is 364 g/mol. The minimum atomic E-state index is -1.67. The molecular formula is C18H20O8. The lowest BCUT2D eigenvalue weighted by atomic mass is 9.87. The number of hydrogen-bond donors (Lipinski definition) is 5. The summed E-state index contributed by atoms with van der Waals surface area (Å²) in [6, 6.07) is 6.09. The third-order valence-electron chi connectivity index (χ3n) is 4.53. The molecule has 0 amide bonds. The molecule has 8 nitrogen and oxygen atoms in total. The first-order valence-electron chi connectivity index (χ1n) is 8.08. The molecule has 1 heterocycles. The number of aromatic hydroxyl groups is 1. The van der Waals surface area contributed by atoms with Gasteiger partial charge in [0.1, 0.15) is 35.9 Å². The Morgan fingerprint density at radius 3 is 2.38 bits per heavy atom. The maximum atomic E-state index is 12.3. The Labute approximate surface area is 148 Å². The number of phenols is 1. The average molecular weight is 364 g/mol. The first kappa shape index (κ1) is 18.4. The highest BCUT2D eigenvalue weighted by Gasteiger charge is 2.43. The zero-order chi connectivity index (χ0) is 19.0. The number of aryl methyl sites for hydroxylation is 2. The molecule has 0 saturated heterocycles. The van der Waals surface area contributed by atoms with E-state index in [2.05, 4.69) is 0 Å². The molecule has 1 aliphatic carbocycles. The maximum absolute atomic E-state index is 12.3. The molecule has 0 radical (unpaired) electrons. The molecule has 5 N–H and O–H groups in total. The molecule has 0 aliphatic heterocycles. The van der Waals surface area contributed by atoms with Crippen molar-refractivity contribution < 1.29 is 34.7 Å². The molecule has 8 heteroatoms. The van der Waals surface area contributed by atoms with Crippen molar-refractivity contribution >= 4 is 0 Å². The number of rotatable bonds is 4. The highest BCUT2D eigenvalue weighted by atomic mass is 16.5. The van der Waals surface area contributed by atoms with E-state index in [0.29, 0.717) is 12.2 Å². The van der Waals surface area contributed by atoms with E-state index >= 15 is 0 Å². The molecule has 0 bridgehead atoms. The quantitative estimate of drug-likeness (QED) is 0.508. The van der Waals surface area contributed by atoms with Gasteiger partial charge in [-0.05, 0) is 24.1 Å². The van der Waals surface area contributed by atoms with Crippen molar-refractivity contribution in [3.05, 3.63) is 57.1 Å². The van der Waals surface area contributed by atoms with Gasteiger partial charge in [0.15, 0.2) is 16.9 Å². The lowest BCUT2D eigenvalue weighted by Crippen LogP contribution is -2.44. The summed E-state index contributed by atoms with van der Waals surface area (Å²) >= 11 is 0. The Morgan fingerprint density at radius 1 is 1.04 bits per heavy atom. The topological polar surface area (TPSA) is 141 Å². The van der Waals surface area contributed by atoms with Crippen molar-refractivity contribution in [1.29, 1.82) is 0 Å². The van der Waals surface area contributed by atoms with Gasteiger partial charge in [-0.1, -0.05) is 6.07 Å². The van der Waals surface area contributed by atoms with Crippen molar-refractivity contribution in [2.75, 3.05) is 7.11 Å². The summed E-state index contributed by atoms with van der Waals surface area (Å²) in [5.41, 5.74) is -0.0582. The van der Waals surface area contributed by atoms with Crippen LogP contribution in [0, 0.1) is 0 Å². The number of aliphatic hydroxyl groups is 4. The molecule has 1 aliphatic rings.